The van der Waals surface area contributed by atoms with Gasteiger partial charge in [-0.3, -0.25) is 0 Å². The monoisotopic (exact) mass is 310 g/mol. The first-order valence-electron chi connectivity index (χ1n) is 7.39. The molecule has 5 heteroatoms. The van der Waals surface area contributed by atoms with Crippen LogP contribution in [0.4, 0.5) is 0 Å². The Morgan fingerprint density at radius 3 is 2.30 bits per heavy atom. The fraction of sp³-hybridized carbons (Fsp3) is 0.222. The van der Waals surface area contributed by atoms with Gasteiger partial charge in [-0.15, -0.1) is 0 Å². The van der Waals surface area contributed by atoms with Crippen molar-refractivity contribution in [3.63, 3.8) is 0 Å². The molecule has 2 aromatic heterocycles. The second kappa shape index (κ2) is 6.12. The van der Waals surface area contributed by atoms with Crippen molar-refractivity contribution in [1.29, 1.82) is 0 Å². The molecule has 0 amide bonds. The van der Waals surface area contributed by atoms with Gasteiger partial charge in [0.1, 0.15) is 11.4 Å². The Hall–Kier alpha value is -2.82. The number of phenols is 1. The Labute approximate surface area is 134 Å². The summed E-state index contributed by atoms with van der Waals surface area (Å²) in [6, 6.07) is 10.6. The first-order chi connectivity index (χ1) is 11.1. The lowest BCUT2D eigenvalue weighted by Gasteiger charge is -2.03. The second-order valence-electron chi connectivity index (χ2n) is 5.52. The van der Waals surface area contributed by atoms with Crippen molar-refractivity contribution in [2.75, 3.05) is 7.11 Å². The molecule has 0 aliphatic rings. The molecule has 1 aromatic carbocycles. The summed E-state index contributed by atoms with van der Waals surface area (Å²) in [6.07, 6.45) is 1.71. The zero-order chi connectivity index (χ0) is 16.4. The number of hydrogen-bond acceptors (Lipinski definition) is 5. The third-order valence-corrected chi connectivity index (χ3v) is 3.49. The Morgan fingerprint density at radius 1 is 1.04 bits per heavy atom. The number of aromatic nitrogens is 2. The molecule has 0 atom stereocenters. The number of ether oxygens (including phenoxy) is 1. The molecule has 0 unspecified atom stereocenters. The molecule has 23 heavy (non-hydrogen) atoms. The van der Waals surface area contributed by atoms with Crippen LogP contribution in [-0.4, -0.2) is 22.2 Å². The first-order valence-corrected chi connectivity index (χ1v) is 7.39. The van der Waals surface area contributed by atoms with Crippen LogP contribution in [0.25, 0.3) is 22.6 Å². The Morgan fingerprint density at radius 2 is 1.74 bits per heavy atom. The normalized spacial score (nSPS) is 11.0. The predicted molar refractivity (Wildman–Crippen MR) is 87.5 cm³/mol. The maximum absolute atomic E-state index is 9.47. The molecule has 3 rings (SSSR count). The number of benzene rings is 1. The van der Waals surface area contributed by atoms with Crippen molar-refractivity contribution in [2.24, 2.45) is 0 Å². The molecule has 0 saturated carbocycles. The minimum absolute atomic E-state index is 0.172. The van der Waals surface area contributed by atoms with E-state index >= 15 is 0 Å². The molecular formula is C18H18N2O3. The number of nitrogens with zero attached hydrogens (tertiary/aromatic N) is 2. The number of aromatic hydroxyl groups is 1. The van der Waals surface area contributed by atoms with E-state index in [-0.39, 0.29) is 11.7 Å². The predicted octanol–water partition coefficient (Wildman–Crippen LogP) is 4.24. The van der Waals surface area contributed by atoms with E-state index in [1.54, 1.807) is 43.6 Å². The minimum Gasteiger partial charge on any atom is -0.508 e. The van der Waals surface area contributed by atoms with E-state index < -0.39 is 0 Å². The van der Waals surface area contributed by atoms with E-state index in [9.17, 15) is 5.11 Å². The van der Waals surface area contributed by atoms with Gasteiger partial charge in [0.2, 0.25) is 5.88 Å². The van der Waals surface area contributed by atoms with Crippen molar-refractivity contribution in [3.8, 4) is 34.2 Å². The lowest BCUT2D eigenvalue weighted by Crippen LogP contribution is -1.89. The summed E-state index contributed by atoms with van der Waals surface area (Å²) in [5, 5.41) is 9.47. The standard InChI is InChI=1S/C18H18N2O3/c1-11(2)18-20-16(13-6-9-15(22-3)19-10-13)17(23-18)12-4-7-14(21)8-5-12/h4-11,21H,1-3H3. The number of oxazole rings is 1. The third kappa shape index (κ3) is 3.04. The average molecular weight is 310 g/mol. The largest absolute Gasteiger partial charge is 0.508 e. The molecule has 2 heterocycles. The van der Waals surface area contributed by atoms with Gasteiger partial charge in [0.15, 0.2) is 11.7 Å². The zero-order valence-corrected chi connectivity index (χ0v) is 13.3. The Balaban J connectivity index is 2.12. The molecule has 5 nitrogen and oxygen atoms in total. The smallest absolute Gasteiger partial charge is 0.212 e. The van der Waals surface area contributed by atoms with Crippen LogP contribution in [0.3, 0.4) is 0 Å². The van der Waals surface area contributed by atoms with Crippen LogP contribution < -0.4 is 4.74 Å². The van der Waals surface area contributed by atoms with Gasteiger partial charge in [0.05, 0.1) is 7.11 Å². The third-order valence-electron chi connectivity index (χ3n) is 3.49. The summed E-state index contributed by atoms with van der Waals surface area (Å²) in [7, 11) is 1.58. The molecule has 3 aromatic rings. The number of methoxy groups -OCH3 is 1. The van der Waals surface area contributed by atoms with Crippen LogP contribution in [-0.2, 0) is 0 Å². The van der Waals surface area contributed by atoms with Gasteiger partial charge in [-0.25, -0.2) is 9.97 Å². The van der Waals surface area contributed by atoms with Crippen molar-refractivity contribution >= 4 is 0 Å². The topological polar surface area (TPSA) is 68.4 Å². The fourth-order valence-electron chi connectivity index (χ4n) is 2.23. The maximum Gasteiger partial charge on any atom is 0.212 e. The molecule has 118 valence electrons. The summed E-state index contributed by atoms with van der Waals surface area (Å²) < 4.78 is 11.1. The molecular weight excluding hydrogens is 292 g/mol. The van der Waals surface area contributed by atoms with Crippen LogP contribution in [0.1, 0.15) is 25.7 Å². The van der Waals surface area contributed by atoms with E-state index in [4.69, 9.17) is 9.15 Å². The summed E-state index contributed by atoms with van der Waals surface area (Å²) in [5.74, 6) is 2.27. The van der Waals surface area contributed by atoms with E-state index in [1.165, 1.54) is 0 Å². The van der Waals surface area contributed by atoms with Crippen molar-refractivity contribution in [1.82, 2.24) is 9.97 Å². The quantitative estimate of drug-likeness (QED) is 0.780. The van der Waals surface area contributed by atoms with E-state index in [0.29, 0.717) is 17.5 Å². The van der Waals surface area contributed by atoms with Gasteiger partial charge < -0.3 is 14.3 Å². The lowest BCUT2D eigenvalue weighted by atomic mass is 10.1. The van der Waals surface area contributed by atoms with Gasteiger partial charge in [-0.2, -0.15) is 0 Å². The van der Waals surface area contributed by atoms with Gasteiger partial charge >= 0.3 is 0 Å². The van der Waals surface area contributed by atoms with Gasteiger partial charge in [-0.05, 0) is 30.3 Å². The second-order valence-corrected chi connectivity index (χ2v) is 5.52. The summed E-state index contributed by atoms with van der Waals surface area (Å²) in [5.41, 5.74) is 2.44. The molecule has 0 aliphatic carbocycles. The minimum atomic E-state index is 0.172. The summed E-state index contributed by atoms with van der Waals surface area (Å²) in [4.78, 5) is 8.86. The van der Waals surface area contributed by atoms with Gasteiger partial charge in [-0.1, -0.05) is 13.8 Å². The van der Waals surface area contributed by atoms with Crippen LogP contribution >= 0.6 is 0 Å². The zero-order valence-electron chi connectivity index (χ0n) is 13.3. The molecule has 1 N–H and O–H groups in total. The van der Waals surface area contributed by atoms with Crippen molar-refractivity contribution in [3.05, 3.63) is 48.5 Å². The Kier molecular flexibility index (Phi) is 4.02. The van der Waals surface area contributed by atoms with E-state index in [1.807, 2.05) is 19.9 Å². The maximum atomic E-state index is 9.47. The van der Waals surface area contributed by atoms with E-state index in [2.05, 4.69) is 9.97 Å². The fourth-order valence-corrected chi connectivity index (χ4v) is 2.23. The summed E-state index contributed by atoms with van der Waals surface area (Å²) >= 11 is 0. The number of phenolic OH excluding ortho intramolecular Hbond substituents is 1. The van der Waals surface area contributed by atoms with E-state index in [0.717, 1.165) is 16.8 Å². The highest BCUT2D eigenvalue weighted by Crippen LogP contribution is 2.35. The van der Waals surface area contributed by atoms with Crippen LogP contribution in [0.2, 0.25) is 0 Å². The first kappa shape index (κ1) is 15.1. The van der Waals surface area contributed by atoms with Crippen LogP contribution in [0.5, 0.6) is 11.6 Å². The SMILES string of the molecule is COc1ccc(-c2nc(C(C)C)oc2-c2ccc(O)cc2)cn1. The van der Waals surface area contributed by atoms with Crippen LogP contribution in [0.15, 0.2) is 47.0 Å². The molecule has 0 aliphatic heterocycles. The number of rotatable bonds is 4. The van der Waals surface area contributed by atoms with Crippen molar-refractivity contribution < 1.29 is 14.3 Å². The highest BCUT2D eigenvalue weighted by molar-refractivity contribution is 5.76. The number of hydrogen-bond donors (Lipinski definition) is 1. The van der Waals surface area contributed by atoms with Gasteiger partial charge in [0, 0.05) is 29.3 Å². The molecule has 0 radical (unpaired) electrons. The Bertz CT molecular complexity index is 790. The van der Waals surface area contributed by atoms with Crippen molar-refractivity contribution in [2.45, 2.75) is 19.8 Å². The molecule has 0 fully saturated rings. The summed E-state index contributed by atoms with van der Waals surface area (Å²) in [6.45, 7) is 4.06. The lowest BCUT2D eigenvalue weighted by molar-refractivity contribution is 0.398. The molecule has 0 saturated heterocycles. The average Bonchev–Trinajstić information content (AvgIpc) is 3.01. The number of pyridine rings is 1. The highest BCUT2D eigenvalue weighted by atomic mass is 16.5. The molecule has 0 spiro atoms. The highest BCUT2D eigenvalue weighted by Gasteiger charge is 2.19. The van der Waals surface area contributed by atoms with Gasteiger partial charge in [0.25, 0.3) is 0 Å². The van der Waals surface area contributed by atoms with Crippen LogP contribution in [0, 0.1) is 0 Å². The molecule has 0 bridgehead atoms.